The summed E-state index contributed by atoms with van der Waals surface area (Å²) < 4.78 is 5.23. The lowest BCUT2D eigenvalue weighted by atomic mass is 10.1. The highest BCUT2D eigenvalue weighted by Crippen LogP contribution is 2.17. The molecule has 0 bridgehead atoms. The van der Waals surface area contributed by atoms with E-state index in [9.17, 15) is 9.59 Å². The summed E-state index contributed by atoms with van der Waals surface area (Å²) in [6, 6.07) is 16.1. The van der Waals surface area contributed by atoms with Gasteiger partial charge in [-0.3, -0.25) is 9.59 Å². The average Bonchev–Trinajstić information content (AvgIpc) is 2.69. The van der Waals surface area contributed by atoms with Crippen LogP contribution in [0.2, 0.25) is 0 Å². The third-order valence-electron chi connectivity index (χ3n) is 3.89. The Morgan fingerprint density at radius 3 is 2.46 bits per heavy atom. The Hall–Kier alpha value is -2.47. The zero-order chi connectivity index (χ0) is 18.8. The van der Waals surface area contributed by atoms with Gasteiger partial charge in [0.15, 0.2) is 0 Å². The number of carbonyl (C=O) groups is 2. The monoisotopic (exact) mass is 372 g/mol. The quantitative estimate of drug-likeness (QED) is 0.710. The molecule has 0 aliphatic rings. The minimum atomic E-state index is -0.594. The molecule has 0 aliphatic carbocycles. The van der Waals surface area contributed by atoms with E-state index in [0.717, 1.165) is 11.3 Å². The third-order valence-corrected chi connectivity index (χ3v) is 4.54. The Balaban J connectivity index is 2.03. The molecule has 0 unspecified atom stereocenters. The van der Waals surface area contributed by atoms with Crippen molar-refractivity contribution in [2.24, 2.45) is 0 Å². The zero-order valence-electron chi connectivity index (χ0n) is 15.0. The van der Waals surface area contributed by atoms with E-state index in [1.807, 2.05) is 36.6 Å². The third kappa shape index (κ3) is 5.81. The molecule has 0 aliphatic heterocycles. The Kier molecular flexibility index (Phi) is 8.02. The number of thioether (sulfide) groups is 1. The molecule has 2 aromatic rings. The summed E-state index contributed by atoms with van der Waals surface area (Å²) in [5.41, 5.74) is 1.43. The molecule has 0 heterocycles. The molecular weight excluding hydrogens is 348 g/mol. The summed E-state index contributed by atoms with van der Waals surface area (Å²) in [5, 5.41) is 5.73. The van der Waals surface area contributed by atoms with Gasteiger partial charge >= 0.3 is 0 Å². The number of hydrogen-bond acceptors (Lipinski definition) is 4. The number of para-hydroxylation sites is 1. The summed E-state index contributed by atoms with van der Waals surface area (Å²) >= 11 is 1.64. The lowest BCUT2D eigenvalue weighted by Gasteiger charge is -2.19. The van der Waals surface area contributed by atoms with Crippen LogP contribution in [0.1, 0.15) is 22.3 Å². The van der Waals surface area contributed by atoms with Gasteiger partial charge in [-0.2, -0.15) is 11.8 Å². The topological polar surface area (TPSA) is 67.4 Å². The summed E-state index contributed by atoms with van der Waals surface area (Å²) in [6.07, 6.45) is 2.53. The summed E-state index contributed by atoms with van der Waals surface area (Å²) in [7, 11) is 1.52. The largest absolute Gasteiger partial charge is 0.496 e. The van der Waals surface area contributed by atoms with Gasteiger partial charge in [0.25, 0.3) is 5.91 Å². The van der Waals surface area contributed by atoms with Crippen LogP contribution >= 0.6 is 11.8 Å². The Morgan fingerprint density at radius 2 is 1.77 bits per heavy atom. The fraction of sp³-hybridized carbons (Fsp3) is 0.300. The van der Waals surface area contributed by atoms with Crippen LogP contribution in [-0.4, -0.2) is 37.0 Å². The van der Waals surface area contributed by atoms with Crippen LogP contribution in [0.4, 0.5) is 0 Å². The van der Waals surface area contributed by atoms with Crippen LogP contribution in [-0.2, 0) is 11.3 Å². The molecule has 2 amide bonds. The van der Waals surface area contributed by atoms with Crippen LogP contribution in [0.5, 0.6) is 5.75 Å². The maximum absolute atomic E-state index is 12.6. The van der Waals surface area contributed by atoms with Gasteiger partial charge in [0.05, 0.1) is 12.7 Å². The van der Waals surface area contributed by atoms with Gasteiger partial charge in [0, 0.05) is 6.54 Å². The van der Waals surface area contributed by atoms with E-state index < -0.39 is 6.04 Å². The van der Waals surface area contributed by atoms with Crippen LogP contribution in [0.25, 0.3) is 0 Å². The number of ether oxygens (including phenoxy) is 1. The molecule has 2 rings (SSSR count). The number of benzene rings is 2. The van der Waals surface area contributed by atoms with Crippen molar-refractivity contribution in [1.29, 1.82) is 0 Å². The lowest BCUT2D eigenvalue weighted by Crippen LogP contribution is -2.47. The van der Waals surface area contributed by atoms with E-state index in [4.69, 9.17) is 4.74 Å². The van der Waals surface area contributed by atoms with E-state index in [1.54, 1.807) is 36.0 Å². The first kappa shape index (κ1) is 19.8. The number of carbonyl (C=O) groups excluding carboxylic acids is 2. The van der Waals surface area contributed by atoms with Crippen molar-refractivity contribution in [3.05, 3.63) is 65.7 Å². The predicted octanol–water partition coefficient (Wildman–Crippen LogP) is 2.86. The molecule has 0 radical (unpaired) electrons. The van der Waals surface area contributed by atoms with Crippen LogP contribution in [0.15, 0.2) is 54.6 Å². The van der Waals surface area contributed by atoms with Gasteiger partial charge in [0.1, 0.15) is 11.8 Å². The van der Waals surface area contributed by atoms with Gasteiger partial charge in [-0.15, -0.1) is 0 Å². The molecule has 5 nitrogen and oxygen atoms in total. The summed E-state index contributed by atoms with van der Waals surface area (Å²) in [5.74, 6) is 0.753. The van der Waals surface area contributed by atoms with Gasteiger partial charge in [-0.25, -0.2) is 0 Å². The minimum Gasteiger partial charge on any atom is -0.496 e. The molecule has 0 spiro atoms. The van der Waals surface area contributed by atoms with E-state index in [1.165, 1.54) is 7.11 Å². The van der Waals surface area contributed by atoms with Gasteiger partial charge in [0.2, 0.25) is 5.91 Å². The molecule has 0 aromatic heterocycles. The smallest absolute Gasteiger partial charge is 0.255 e. The number of hydrogen-bond donors (Lipinski definition) is 2. The van der Waals surface area contributed by atoms with Crippen molar-refractivity contribution in [1.82, 2.24) is 10.6 Å². The first-order valence-electron chi connectivity index (χ1n) is 8.40. The highest BCUT2D eigenvalue weighted by molar-refractivity contribution is 7.98. The Bertz CT molecular complexity index is 722. The average molecular weight is 372 g/mol. The van der Waals surface area contributed by atoms with Crippen molar-refractivity contribution in [3.8, 4) is 5.75 Å². The molecule has 0 fully saturated rings. The van der Waals surface area contributed by atoms with Gasteiger partial charge < -0.3 is 15.4 Å². The molecule has 1 atom stereocenters. The second-order valence-corrected chi connectivity index (χ2v) is 6.70. The minimum absolute atomic E-state index is 0.189. The van der Waals surface area contributed by atoms with Crippen molar-refractivity contribution in [2.45, 2.75) is 19.0 Å². The summed E-state index contributed by atoms with van der Waals surface area (Å²) in [4.78, 5) is 25.2. The van der Waals surface area contributed by atoms with Crippen molar-refractivity contribution in [3.63, 3.8) is 0 Å². The number of amides is 2. The van der Waals surface area contributed by atoms with Gasteiger partial charge in [-0.05, 0) is 36.1 Å². The standard InChI is InChI=1S/C20H24N2O3S/c1-25-18-11-7-6-10-16(18)19(23)22-17(12-13-26-2)20(24)21-14-15-8-4-3-5-9-15/h3-11,17H,12-14H2,1-2H3,(H,21,24)(H,22,23)/t17-/m1/s1. The highest BCUT2D eigenvalue weighted by atomic mass is 32.2. The van der Waals surface area contributed by atoms with E-state index in [0.29, 0.717) is 24.3 Å². The lowest BCUT2D eigenvalue weighted by molar-refractivity contribution is -0.123. The molecule has 0 saturated heterocycles. The van der Waals surface area contributed by atoms with E-state index in [2.05, 4.69) is 10.6 Å². The van der Waals surface area contributed by atoms with Crippen LogP contribution in [0.3, 0.4) is 0 Å². The molecular formula is C20H24N2O3S. The Labute approximate surface area is 158 Å². The van der Waals surface area contributed by atoms with E-state index >= 15 is 0 Å². The second kappa shape index (κ2) is 10.5. The van der Waals surface area contributed by atoms with E-state index in [-0.39, 0.29) is 11.8 Å². The van der Waals surface area contributed by atoms with Gasteiger partial charge in [-0.1, -0.05) is 42.5 Å². The first-order chi connectivity index (χ1) is 12.7. The molecule has 6 heteroatoms. The highest BCUT2D eigenvalue weighted by Gasteiger charge is 2.22. The first-order valence-corrected chi connectivity index (χ1v) is 9.79. The fourth-order valence-electron chi connectivity index (χ4n) is 2.48. The molecule has 138 valence electrons. The number of nitrogens with one attached hydrogen (secondary N) is 2. The normalized spacial score (nSPS) is 11.5. The number of rotatable bonds is 9. The Morgan fingerprint density at radius 1 is 1.08 bits per heavy atom. The molecule has 26 heavy (non-hydrogen) atoms. The van der Waals surface area contributed by atoms with Crippen LogP contribution in [0, 0.1) is 0 Å². The zero-order valence-corrected chi connectivity index (χ0v) is 15.8. The van der Waals surface area contributed by atoms with Crippen LogP contribution < -0.4 is 15.4 Å². The summed E-state index contributed by atoms with van der Waals surface area (Å²) in [6.45, 7) is 0.431. The maximum atomic E-state index is 12.6. The van der Waals surface area contributed by atoms with Crippen molar-refractivity contribution < 1.29 is 14.3 Å². The molecule has 2 N–H and O–H groups in total. The van der Waals surface area contributed by atoms with Crippen molar-refractivity contribution in [2.75, 3.05) is 19.1 Å². The molecule has 2 aromatic carbocycles. The molecule has 0 saturated carbocycles. The predicted molar refractivity (Wildman–Crippen MR) is 106 cm³/mol. The fourth-order valence-corrected chi connectivity index (χ4v) is 2.95. The van der Waals surface area contributed by atoms with Crippen molar-refractivity contribution >= 4 is 23.6 Å². The number of methoxy groups -OCH3 is 1. The second-order valence-electron chi connectivity index (χ2n) is 5.71. The maximum Gasteiger partial charge on any atom is 0.255 e. The SMILES string of the molecule is COc1ccccc1C(=O)N[C@H](CCSC)C(=O)NCc1ccccc1.